The Morgan fingerprint density at radius 2 is 2.06 bits per heavy atom. The van der Waals surface area contributed by atoms with Gasteiger partial charge in [-0.05, 0) is 49.9 Å². The lowest BCUT2D eigenvalue weighted by Crippen LogP contribution is -2.21. The van der Waals surface area contributed by atoms with E-state index >= 15 is 0 Å². The number of hydrogen-bond acceptors (Lipinski definition) is 3. The molecule has 2 heterocycles. The average Bonchev–Trinajstić information content (AvgIpc) is 2.81. The van der Waals surface area contributed by atoms with Gasteiger partial charge in [0.25, 0.3) is 0 Å². The summed E-state index contributed by atoms with van der Waals surface area (Å²) in [4.78, 5) is 3.97. The third-order valence-corrected chi connectivity index (χ3v) is 5.75. The summed E-state index contributed by atoms with van der Waals surface area (Å²) in [6.45, 7) is 9.48. The van der Waals surface area contributed by atoms with Crippen LogP contribution in [0.25, 0.3) is 0 Å². The van der Waals surface area contributed by atoms with Crippen LogP contribution in [0.15, 0.2) is 11.4 Å². The highest BCUT2D eigenvalue weighted by molar-refractivity contribution is 7.12. The molecule has 4 heteroatoms. The summed E-state index contributed by atoms with van der Waals surface area (Å²) in [7, 11) is 0. The van der Waals surface area contributed by atoms with Crippen molar-refractivity contribution in [3.63, 3.8) is 0 Å². The Labute approximate surface area is 122 Å². The number of thiophene rings is 2. The fraction of sp³-hybridized carbons (Fsp3) is 0.429. The van der Waals surface area contributed by atoms with Crippen LogP contribution in [0.1, 0.15) is 38.7 Å². The first-order valence-corrected chi connectivity index (χ1v) is 8.15. The van der Waals surface area contributed by atoms with Crippen LogP contribution in [0, 0.1) is 20.8 Å². The predicted molar refractivity (Wildman–Crippen MR) is 83.4 cm³/mol. The Morgan fingerprint density at radius 3 is 2.50 bits per heavy atom. The van der Waals surface area contributed by atoms with E-state index < -0.39 is 0 Å². The molecule has 2 rings (SSSR count). The van der Waals surface area contributed by atoms with E-state index in [1.54, 1.807) is 11.3 Å². The van der Waals surface area contributed by atoms with E-state index in [0.29, 0.717) is 0 Å². The third kappa shape index (κ3) is 2.64. The Hall–Kier alpha value is -0.350. The molecule has 1 unspecified atom stereocenters. The maximum absolute atomic E-state index is 6.42. The first-order valence-electron chi connectivity index (χ1n) is 6.08. The molecule has 1 nitrogen and oxygen atoms in total. The SMILES string of the molecule is CCNC(c1cc(C)sc1C)c1scc(C)c1Cl. The molecule has 0 amide bonds. The van der Waals surface area contributed by atoms with Crippen molar-refractivity contribution in [3.05, 3.63) is 42.2 Å². The van der Waals surface area contributed by atoms with E-state index in [1.807, 2.05) is 11.3 Å². The van der Waals surface area contributed by atoms with Crippen molar-refractivity contribution in [3.8, 4) is 0 Å². The van der Waals surface area contributed by atoms with Crippen LogP contribution in [-0.2, 0) is 0 Å². The van der Waals surface area contributed by atoms with Gasteiger partial charge in [-0.1, -0.05) is 18.5 Å². The lowest BCUT2D eigenvalue weighted by molar-refractivity contribution is 0.639. The standard InChI is InChI=1S/C14H18ClNS2/c1-5-16-13(11-6-9(3)18-10(11)4)14-12(15)8(2)7-17-14/h6-7,13,16H,5H2,1-4H3. The van der Waals surface area contributed by atoms with E-state index in [1.165, 1.54) is 25.8 Å². The fourth-order valence-corrected chi connectivity index (χ4v) is 4.49. The van der Waals surface area contributed by atoms with Gasteiger partial charge in [0.15, 0.2) is 0 Å². The van der Waals surface area contributed by atoms with E-state index in [0.717, 1.165) is 11.6 Å². The summed E-state index contributed by atoms with van der Waals surface area (Å²) in [5.74, 6) is 0. The van der Waals surface area contributed by atoms with Crippen LogP contribution in [0.4, 0.5) is 0 Å². The first kappa shape index (κ1) is 14.1. The predicted octanol–water partition coefficient (Wildman–Crippen LogP) is 5.09. The molecule has 2 aromatic heterocycles. The van der Waals surface area contributed by atoms with Crippen molar-refractivity contribution in [2.75, 3.05) is 6.54 Å². The number of nitrogens with one attached hydrogen (secondary N) is 1. The lowest BCUT2D eigenvalue weighted by atomic mass is 10.1. The van der Waals surface area contributed by atoms with Crippen molar-refractivity contribution in [1.29, 1.82) is 0 Å². The highest BCUT2D eigenvalue weighted by Crippen LogP contribution is 2.38. The quantitative estimate of drug-likeness (QED) is 0.829. The van der Waals surface area contributed by atoms with Gasteiger partial charge in [0.05, 0.1) is 11.1 Å². The Bertz CT molecular complexity index is 540. The molecule has 0 aromatic carbocycles. The molecule has 0 bridgehead atoms. The Morgan fingerprint density at radius 1 is 1.33 bits per heavy atom. The monoisotopic (exact) mass is 299 g/mol. The van der Waals surface area contributed by atoms with Crippen molar-refractivity contribution in [1.82, 2.24) is 5.32 Å². The minimum Gasteiger partial charge on any atom is -0.306 e. The second-order valence-electron chi connectivity index (χ2n) is 4.46. The van der Waals surface area contributed by atoms with Gasteiger partial charge < -0.3 is 5.32 Å². The zero-order valence-corrected chi connectivity index (χ0v) is 13.5. The molecule has 1 N–H and O–H groups in total. The number of aryl methyl sites for hydroxylation is 3. The van der Waals surface area contributed by atoms with Gasteiger partial charge in [0.1, 0.15) is 0 Å². The molecule has 0 aliphatic heterocycles. The van der Waals surface area contributed by atoms with Crippen LogP contribution >= 0.6 is 34.3 Å². The molecule has 0 radical (unpaired) electrons. The van der Waals surface area contributed by atoms with Gasteiger partial charge in [0, 0.05) is 14.6 Å². The summed E-state index contributed by atoms with van der Waals surface area (Å²) >= 11 is 10.0. The molecule has 0 aliphatic carbocycles. The number of rotatable bonds is 4. The van der Waals surface area contributed by atoms with E-state index in [9.17, 15) is 0 Å². The van der Waals surface area contributed by atoms with Crippen LogP contribution in [0.3, 0.4) is 0 Å². The molecule has 18 heavy (non-hydrogen) atoms. The van der Waals surface area contributed by atoms with Gasteiger partial charge in [-0.3, -0.25) is 0 Å². The van der Waals surface area contributed by atoms with Crippen molar-refractivity contribution in [2.24, 2.45) is 0 Å². The van der Waals surface area contributed by atoms with Crippen LogP contribution in [0.2, 0.25) is 5.02 Å². The summed E-state index contributed by atoms with van der Waals surface area (Å²) in [6, 6.07) is 2.50. The maximum Gasteiger partial charge on any atom is 0.0696 e. The zero-order chi connectivity index (χ0) is 13.3. The molecule has 98 valence electrons. The van der Waals surface area contributed by atoms with Crippen LogP contribution in [-0.4, -0.2) is 6.54 Å². The van der Waals surface area contributed by atoms with Gasteiger partial charge in [-0.2, -0.15) is 0 Å². The molecule has 0 saturated carbocycles. The van der Waals surface area contributed by atoms with Gasteiger partial charge in [0.2, 0.25) is 0 Å². The second kappa shape index (κ2) is 5.74. The Balaban J connectivity index is 2.46. The average molecular weight is 300 g/mol. The molecule has 0 fully saturated rings. The lowest BCUT2D eigenvalue weighted by Gasteiger charge is -2.17. The smallest absolute Gasteiger partial charge is 0.0696 e. The molecule has 0 aliphatic rings. The van der Waals surface area contributed by atoms with Crippen molar-refractivity contribution < 1.29 is 0 Å². The topological polar surface area (TPSA) is 12.0 Å². The third-order valence-electron chi connectivity index (χ3n) is 2.99. The van der Waals surface area contributed by atoms with E-state index in [4.69, 9.17) is 11.6 Å². The molecular formula is C14H18ClNS2. The van der Waals surface area contributed by atoms with Crippen molar-refractivity contribution >= 4 is 34.3 Å². The minimum atomic E-state index is 0.228. The highest BCUT2D eigenvalue weighted by Gasteiger charge is 2.21. The van der Waals surface area contributed by atoms with E-state index in [-0.39, 0.29) is 6.04 Å². The highest BCUT2D eigenvalue weighted by atomic mass is 35.5. The summed E-state index contributed by atoms with van der Waals surface area (Å²) in [5.41, 5.74) is 2.53. The normalized spacial score (nSPS) is 12.9. The summed E-state index contributed by atoms with van der Waals surface area (Å²) in [5, 5.41) is 6.60. The van der Waals surface area contributed by atoms with Crippen LogP contribution in [0.5, 0.6) is 0 Å². The Kier molecular flexibility index (Phi) is 4.49. The number of hydrogen-bond donors (Lipinski definition) is 1. The van der Waals surface area contributed by atoms with Gasteiger partial charge in [-0.15, -0.1) is 22.7 Å². The van der Waals surface area contributed by atoms with Crippen molar-refractivity contribution in [2.45, 2.75) is 33.7 Å². The summed E-state index contributed by atoms with van der Waals surface area (Å²) in [6.07, 6.45) is 0. The largest absolute Gasteiger partial charge is 0.306 e. The minimum absolute atomic E-state index is 0.228. The molecule has 1 atom stereocenters. The first-order chi connectivity index (χ1) is 8.54. The number of halogens is 1. The molecular weight excluding hydrogens is 282 g/mol. The van der Waals surface area contributed by atoms with Crippen LogP contribution < -0.4 is 5.32 Å². The maximum atomic E-state index is 6.42. The fourth-order valence-electron chi connectivity index (χ4n) is 2.13. The molecule has 2 aromatic rings. The second-order valence-corrected chi connectivity index (χ2v) is 7.21. The van der Waals surface area contributed by atoms with Gasteiger partial charge >= 0.3 is 0 Å². The zero-order valence-electron chi connectivity index (χ0n) is 11.1. The molecule has 0 saturated heterocycles. The van der Waals surface area contributed by atoms with Gasteiger partial charge in [-0.25, -0.2) is 0 Å². The molecule has 0 spiro atoms. The van der Waals surface area contributed by atoms with E-state index in [2.05, 4.69) is 44.5 Å². The summed E-state index contributed by atoms with van der Waals surface area (Å²) < 4.78 is 0.